The maximum absolute atomic E-state index is 14.1. The van der Waals surface area contributed by atoms with Gasteiger partial charge < -0.3 is 18.1 Å². The molecule has 0 heterocycles. The molecule has 0 radical (unpaired) electrons. The zero-order valence-corrected chi connectivity index (χ0v) is 23.9. The summed E-state index contributed by atoms with van der Waals surface area (Å²) in [5.41, 5.74) is 0. The Labute approximate surface area is 200 Å². The molecule has 0 bridgehead atoms. The number of hydrogen-bond acceptors (Lipinski definition) is 6. The van der Waals surface area contributed by atoms with Gasteiger partial charge in [0.2, 0.25) is 0 Å². The Kier molecular flexibility index (Phi) is 15.4. The molecule has 4 unspecified atom stereocenters. The number of rotatable bonds is 18. The van der Waals surface area contributed by atoms with Crippen LogP contribution in [0.2, 0.25) is 0 Å². The molecule has 0 rings (SSSR count). The van der Waals surface area contributed by atoms with Gasteiger partial charge in [-0.3, -0.25) is 9.13 Å². The second-order valence-corrected chi connectivity index (χ2v) is 15.2. The Bertz CT molecular complexity index is 506. The van der Waals surface area contributed by atoms with Gasteiger partial charge >= 0.3 is 19.0 Å². The van der Waals surface area contributed by atoms with Gasteiger partial charge in [0.1, 0.15) is 0 Å². The van der Waals surface area contributed by atoms with Gasteiger partial charge in [0.05, 0.1) is 24.4 Å². The highest BCUT2D eigenvalue weighted by Crippen LogP contribution is 2.83. The summed E-state index contributed by atoms with van der Waals surface area (Å²) in [6, 6.07) is 0. The second-order valence-electron chi connectivity index (χ2n) is 8.32. The van der Waals surface area contributed by atoms with E-state index in [-0.39, 0.29) is 0 Å². The molecule has 0 aliphatic rings. The van der Waals surface area contributed by atoms with E-state index in [0.717, 1.165) is 25.7 Å². The smallest absolute Gasteiger partial charge is 0.303 e. The van der Waals surface area contributed by atoms with E-state index in [0.29, 0.717) is 25.7 Å². The van der Waals surface area contributed by atoms with Gasteiger partial charge in [0.15, 0.2) is 0 Å². The normalized spacial score (nSPS) is 20.5. The van der Waals surface area contributed by atoms with E-state index in [9.17, 15) is 9.13 Å². The van der Waals surface area contributed by atoms with E-state index in [4.69, 9.17) is 41.3 Å². The first-order valence-corrected chi connectivity index (χ1v) is 15.5. The molecule has 0 aliphatic heterocycles. The molecule has 0 aromatic carbocycles. The third-order valence-electron chi connectivity index (χ3n) is 4.71. The topological polar surface area (TPSA) is 71.1 Å². The fraction of sp³-hybridized carbons (Fsp3) is 1.00. The van der Waals surface area contributed by atoms with Crippen molar-refractivity contribution in [1.82, 2.24) is 0 Å². The first-order valence-electron chi connectivity index (χ1n) is 11.6. The minimum absolute atomic E-state index is 0.462. The molecule has 31 heavy (non-hydrogen) atoms. The van der Waals surface area contributed by atoms with Gasteiger partial charge in [-0.2, -0.15) is 0 Å². The molecule has 0 N–H and O–H groups in total. The van der Waals surface area contributed by atoms with Crippen LogP contribution in [0.4, 0.5) is 0 Å². The Hall–Kier alpha value is 0.880. The van der Waals surface area contributed by atoms with Crippen molar-refractivity contribution >= 4 is 38.4 Å². The van der Waals surface area contributed by atoms with Crippen LogP contribution in [0.15, 0.2) is 0 Å². The van der Waals surface area contributed by atoms with Crippen LogP contribution in [0.3, 0.4) is 0 Å². The van der Waals surface area contributed by atoms with Crippen LogP contribution in [0.1, 0.15) is 107 Å². The molecular weight excluding hydrogens is 481 g/mol. The Morgan fingerprint density at radius 3 is 0.935 bits per heavy atom. The third-order valence-corrected chi connectivity index (χ3v) is 12.5. The van der Waals surface area contributed by atoms with Crippen molar-refractivity contribution in [3.05, 3.63) is 0 Å². The van der Waals surface area contributed by atoms with Crippen molar-refractivity contribution in [1.29, 1.82) is 0 Å². The molecule has 0 amide bonds. The van der Waals surface area contributed by atoms with Gasteiger partial charge in [-0.25, -0.2) is 0 Å². The van der Waals surface area contributed by atoms with Gasteiger partial charge in [-0.15, -0.1) is 0 Å². The fourth-order valence-corrected chi connectivity index (χ4v) is 8.88. The van der Waals surface area contributed by atoms with Crippen molar-refractivity contribution in [3.8, 4) is 0 Å². The van der Waals surface area contributed by atoms with Gasteiger partial charge in [0.25, 0.3) is 0 Å². The van der Waals surface area contributed by atoms with Crippen molar-refractivity contribution in [2.45, 2.75) is 135 Å². The summed E-state index contributed by atoms with van der Waals surface area (Å²) in [4.78, 5) is 0. The highest BCUT2D eigenvalue weighted by molar-refractivity contribution is 7.80. The van der Waals surface area contributed by atoms with Gasteiger partial charge in [0, 0.05) is 0 Å². The second kappa shape index (κ2) is 15.0. The zero-order valence-electron chi connectivity index (χ0n) is 20.6. The molecule has 0 saturated carbocycles. The van der Waals surface area contributed by atoms with E-state index in [1.165, 1.54) is 0 Å². The van der Waals surface area contributed by atoms with Crippen molar-refractivity contribution < 1.29 is 27.2 Å². The molecule has 4 atom stereocenters. The quantitative estimate of drug-likeness (QED) is 0.131. The van der Waals surface area contributed by atoms with E-state index in [1.807, 2.05) is 27.7 Å². The van der Waals surface area contributed by atoms with Crippen molar-refractivity contribution in [2.75, 3.05) is 0 Å². The Morgan fingerprint density at radius 1 is 0.581 bits per heavy atom. The van der Waals surface area contributed by atoms with Gasteiger partial charge in [-0.1, -0.05) is 76.6 Å². The summed E-state index contributed by atoms with van der Waals surface area (Å²) in [6.45, 7) is 15.0. The lowest BCUT2D eigenvalue weighted by atomic mass is 10.2. The standard InChI is InChI=1S/C21H44Cl2O6P2/c1-9-13-17(5)26-30(24,27-18(6)14-10-2)21(22,23)31(25,28-19(7)15-11-3)29-20(8)16-12-4/h17-20H,9-16H2,1-8H3. The summed E-state index contributed by atoms with van der Waals surface area (Å²) in [6.07, 6.45) is 3.81. The molecule has 0 saturated heterocycles. The lowest BCUT2D eigenvalue weighted by Gasteiger charge is -2.38. The number of alkyl halides is 2. The predicted octanol–water partition coefficient (Wildman–Crippen LogP) is 9.28. The molecule has 6 nitrogen and oxygen atoms in total. The van der Waals surface area contributed by atoms with Gasteiger partial charge in [-0.05, 0) is 53.4 Å². The summed E-state index contributed by atoms with van der Waals surface area (Å²) < 4.78 is 49.0. The number of halogens is 2. The molecule has 0 aromatic rings. The molecule has 188 valence electrons. The van der Waals surface area contributed by atoms with E-state index in [2.05, 4.69) is 0 Å². The van der Waals surface area contributed by atoms with Crippen LogP contribution in [0.25, 0.3) is 0 Å². The summed E-state index contributed by atoms with van der Waals surface area (Å²) in [5, 5.41) is 0. The van der Waals surface area contributed by atoms with E-state index < -0.39 is 43.4 Å². The van der Waals surface area contributed by atoms with Crippen LogP contribution in [0, 0.1) is 0 Å². The van der Waals surface area contributed by atoms with Crippen LogP contribution in [-0.2, 0) is 27.2 Å². The van der Waals surface area contributed by atoms with Crippen LogP contribution in [-0.4, -0.2) is 28.2 Å². The molecule has 10 heteroatoms. The molecule has 0 aliphatic carbocycles. The first-order chi connectivity index (χ1) is 14.3. The SMILES string of the molecule is CCCC(C)OP(=O)(OC(C)CCC)C(Cl)(Cl)P(=O)(OC(C)CCC)OC(C)CCC. The maximum atomic E-state index is 14.1. The molecule has 0 aromatic heterocycles. The average Bonchev–Trinajstić information content (AvgIpc) is 2.61. The van der Waals surface area contributed by atoms with Crippen LogP contribution >= 0.6 is 38.4 Å². The number of hydrogen-bond donors (Lipinski definition) is 0. The molecule has 0 fully saturated rings. The molecular formula is C21H44Cl2O6P2. The predicted molar refractivity (Wildman–Crippen MR) is 131 cm³/mol. The first kappa shape index (κ1) is 31.9. The summed E-state index contributed by atoms with van der Waals surface area (Å²) in [5.74, 6) is 0. The van der Waals surface area contributed by atoms with Crippen molar-refractivity contribution in [2.24, 2.45) is 0 Å². The zero-order chi connectivity index (χ0) is 24.3. The summed E-state index contributed by atoms with van der Waals surface area (Å²) in [7, 11) is -8.70. The average molecular weight is 525 g/mol. The van der Waals surface area contributed by atoms with Crippen LogP contribution < -0.4 is 0 Å². The lowest BCUT2D eigenvalue weighted by Crippen LogP contribution is -2.28. The third kappa shape index (κ3) is 9.95. The minimum Gasteiger partial charge on any atom is -0.303 e. The van der Waals surface area contributed by atoms with Crippen LogP contribution in [0.5, 0.6) is 0 Å². The van der Waals surface area contributed by atoms with E-state index >= 15 is 0 Å². The highest BCUT2D eigenvalue weighted by Gasteiger charge is 2.66. The fourth-order valence-electron chi connectivity index (χ4n) is 3.24. The minimum atomic E-state index is -4.35. The van der Waals surface area contributed by atoms with Crippen molar-refractivity contribution in [3.63, 3.8) is 0 Å². The highest BCUT2D eigenvalue weighted by atomic mass is 35.5. The maximum Gasteiger partial charge on any atom is 0.379 e. The lowest BCUT2D eigenvalue weighted by molar-refractivity contribution is 0.103. The van der Waals surface area contributed by atoms with E-state index in [1.54, 1.807) is 27.7 Å². The summed E-state index contributed by atoms with van der Waals surface area (Å²) >= 11 is 13.3. The largest absolute Gasteiger partial charge is 0.379 e. The molecule has 0 spiro atoms. The Balaban J connectivity index is 6.28. The Morgan fingerprint density at radius 2 is 0.774 bits per heavy atom. The monoisotopic (exact) mass is 524 g/mol.